The van der Waals surface area contributed by atoms with Crippen LogP contribution < -0.4 is 16.8 Å². The van der Waals surface area contributed by atoms with E-state index >= 15 is 0 Å². The summed E-state index contributed by atoms with van der Waals surface area (Å²) in [4.78, 5) is 25.6. The van der Waals surface area contributed by atoms with E-state index in [1.807, 2.05) is 0 Å². The Balaban J connectivity index is 2.56. The quantitative estimate of drug-likeness (QED) is 0.320. The Kier molecular flexibility index (Phi) is 3.37. The second-order valence-corrected chi connectivity index (χ2v) is 3.24. The van der Waals surface area contributed by atoms with Gasteiger partial charge in [0.2, 0.25) is 5.91 Å². The molecule has 2 amide bonds. The van der Waals surface area contributed by atoms with Gasteiger partial charge in [-0.05, 0) is 6.42 Å². The van der Waals surface area contributed by atoms with E-state index in [4.69, 9.17) is 16.9 Å². The molecule has 1 aliphatic heterocycles. The first-order valence-corrected chi connectivity index (χ1v) is 4.47. The number of hydrogen-bond acceptors (Lipinski definition) is 4. The van der Waals surface area contributed by atoms with Gasteiger partial charge in [-0.1, -0.05) is 0 Å². The van der Waals surface area contributed by atoms with Crippen LogP contribution in [0.3, 0.4) is 0 Å². The summed E-state index contributed by atoms with van der Waals surface area (Å²) in [5.41, 5.74) is 10.0. The summed E-state index contributed by atoms with van der Waals surface area (Å²) in [5, 5.41) is 9.77. The minimum Gasteiger partial charge on any atom is -0.387 e. The number of carbonyl (C=O) groups excluding carboxylic acids is 2. The zero-order valence-corrected chi connectivity index (χ0v) is 8.12. The predicted molar refractivity (Wildman–Crippen MR) is 54.6 cm³/mol. The molecule has 0 spiro atoms. The lowest BCUT2D eigenvalue weighted by Crippen LogP contribution is -2.30. The smallest absolute Gasteiger partial charge is 0.262 e. The van der Waals surface area contributed by atoms with E-state index in [0.29, 0.717) is 13.0 Å². The largest absolute Gasteiger partial charge is 0.387 e. The predicted octanol–water partition coefficient (Wildman–Crippen LogP) is -1.87. The first-order chi connectivity index (χ1) is 7.00. The lowest BCUT2D eigenvalue weighted by Gasteiger charge is -2.03. The van der Waals surface area contributed by atoms with E-state index in [2.05, 4.69) is 10.3 Å². The van der Waals surface area contributed by atoms with Gasteiger partial charge in [-0.15, -0.1) is 0 Å². The van der Waals surface area contributed by atoms with Crippen molar-refractivity contribution < 1.29 is 9.59 Å². The number of amides is 2. The second kappa shape index (κ2) is 4.54. The van der Waals surface area contributed by atoms with Crippen LogP contribution in [0, 0.1) is 5.41 Å². The van der Waals surface area contributed by atoms with Crippen LogP contribution in [-0.4, -0.2) is 35.9 Å². The number of amidine groups is 1. The maximum absolute atomic E-state index is 11.1. The van der Waals surface area contributed by atoms with Crippen molar-refractivity contribution >= 4 is 23.4 Å². The number of aliphatic imine (C=N–C) groups is 1. The van der Waals surface area contributed by atoms with Crippen molar-refractivity contribution in [2.75, 3.05) is 6.54 Å². The van der Waals surface area contributed by atoms with E-state index in [1.165, 1.54) is 0 Å². The highest BCUT2D eigenvalue weighted by Crippen LogP contribution is 2.04. The molecule has 1 rings (SSSR count). The Morgan fingerprint density at radius 2 is 2.27 bits per heavy atom. The van der Waals surface area contributed by atoms with E-state index in [0.717, 1.165) is 0 Å². The fourth-order valence-corrected chi connectivity index (χ4v) is 1.22. The molecule has 1 heterocycles. The van der Waals surface area contributed by atoms with Gasteiger partial charge < -0.3 is 16.8 Å². The number of carbonyl (C=O) groups is 2. The van der Waals surface area contributed by atoms with Gasteiger partial charge in [-0.25, -0.2) is 0 Å². The summed E-state index contributed by atoms with van der Waals surface area (Å²) in [6.07, 6.45) is 0.475. The van der Waals surface area contributed by atoms with E-state index in [-0.39, 0.29) is 23.9 Å². The summed E-state index contributed by atoms with van der Waals surface area (Å²) in [7, 11) is 0. The van der Waals surface area contributed by atoms with Crippen molar-refractivity contribution in [1.29, 1.82) is 5.41 Å². The summed E-state index contributed by atoms with van der Waals surface area (Å²) >= 11 is 0. The van der Waals surface area contributed by atoms with Gasteiger partial charge in [0.1, 0.15) is 17.6 Å². The summed E-state index contributed by atoms with van der Waals surface area (Å²) in [5.74, 6) is -0.923. The topological polar surface area (TPSA) is 134 Å². The zero-order chi connectivity index (χ0) is 11.4. The summed E-state index contributed by atoms with van der Waals surface area (Å²) < 4.78 is 0. The van der Waals surface area contributed by atoms with Crippen molar-refractivity contribution in [2.24, 2.45) is 16.5 Å². The molecule has 0 aromatic rings. The fraction of sp³-hybridized carbons (Fsp3) is 0.500. The van der Waals surface area contributed by atoms with Gasteiger partial charge in [0.25, 0.3) is 5.91 Å². The number of nitrogens with two attached hydrogens (primary N) is 2. The van der Waals surface area contributed by atoms with E-state index in [9.17, 15) is 9.59 Å². The molecule has 1 fully saturated rings. The second-order valence-electron chi connectivity index (χ2n) is 3.24. The average Bonchev–Trinajstić information content (AvgIpc) is 2.51. The molecule has 7 nitrogen and oxygen atoms in total. The molecule has 15 heavy (non-hydrogen) atoms. The maximum atomic E-state index is 11.1. The van der Waals surface area contributed by atoms with Crippen LogP contribution in [-0.2, 0) is 9.59 Å². The van der Waals surface area contributed by atoms with Crippen LogP contribution >= 0.6 is 0 Å². The molecule has 0 aliphatic carbocycles. The first-order valence-electron chi connectivity index (χ1n) is 4.47. The van der Waals surface area contributed by atoms with Crippen LogP contribution in [0.4, 0.5) is 0 Å². The molecule has 1 atom stereocenters. The maximum Gasteiger partial charge on any atom is 0.262 e. The lowest BCUT2D eigenvalue weighted by molar-refractivity contribution is -0.120. The molecule has 6 N–H and O–H groups in total. The van der Waals surface area contributed by atoms with Crippen molar-refractivity contribution in [3.05, 3.63) is 0 Å². The Morgan fingerprint density at radius 3 is 2.73 bits per heavy atom. The van der Waals surface area contributed by atoms with Gasteiger partial charge in [-0.2, -0.15) is 0 Å². The van der Waals surface area contributed by atoms with Gasteiger partial charge in [0.05, 0.1) is 6.42 Å². The van der Waals surface area contributed by atoms with Crippen molar-refractivity contribution in [2.45, 2.75) is 18.9 Å². The molecule has 0 aromatic heterocycles. The number of nitrogens with one attached hydrogen (secondary N) is 2. The average molecular weight is 211 g/mol. The Hall–Kier alpha value is -1.92. The fourth-order valence-electron chi connectivity index (χ4n) is 1.22. The van der Waals surface area contributed by atoms with Crippen LogP contribution in [0.2, 0.25) is 0 Å². The molecule has 82 valence electrons. The third-order valence-corrected chi connectivity index (χ3v) is 2.00. The van der Waals surface area contributed by atoms with Gasteiger partial charge in [0.15, 0.2) is 0 Å². The number of hydrogen-bond donors (Lipinski definition) is 4. The van der Waals surface area contributed by atoms with Gasteiger partial charge in [0, 0.05) is 6.54 Å². The Morgan fingerprint density at radius 1 is 1.60 bits per heavy atom. The summed E-state index contributed by atoms with van der Waals surface area (Å²) in [6.45, 7) is 0.577. The lowest BCUT2D eigenvalue weighted by atomic mass is 10.2. The summed E-state index contributed by atoms with van der Waals surface area (Å²) in [6, 6.07) is -0.495. The third-order valence-electron chi connectivity index (χ3n) is 2.00. The van der Waals surface area contributed by atoms with E-state index in [1.54, 1.807) is 0 Å². The standard InChI is InChI=1S/C8H13N5O2/c9-4(7(11)14)3-6(10)13-5-1-2-12-8(5)15/h5,9H,1-3H2,(H2,10,13)(H2,11,14)(H,12,15). The minimum absolute atomic E-state index is 0.0841. The molecule has 1 aliphatic rings. The molecular weight excluding hydrogens is 198 g/mol. The van der Waals surface area contributed by atoms with Crippen LogP contribution in [0.25, 0.3) is 0 Å². The number of primary amides is 1. The Bertz CT molecular complexity index is 336. The molecular formula is C8H13N5O2. The molecule has 0 aromatic carbocycles. The molecule has 0 bridgehead atoms. The monoisotopic (exact) mass is 211 g/mol. The van der Waals surface area contributed by atoms with Crippen LogP contribution in [0.15, 0.2) is 4.99 Å². The first kappa shape index (κ1) is 11.2. The van der Waals surface area contributed by atoms with Crippen LogP contribution in [0.1, 0.15) is 12.8 Å². The highest BCUT2D eigenvalue weighted by molar-refractivity contribution is 6.40. The highest BCUT2D eigenvalue weighted by Gasteiger charge is 2.23. The minimum atomic E-state index is -0.830. The molecule has 0 saturated carbocycles. The van der Waals surface area contributed by atoms with Crippen molar-refractivity contribution in [1.82, 2.24) is 5.32 Å². The third kappa shape index (κ3) is 3.04. The molecule has 0 radical (unpaired) electrons. The Labute approximate surface area is 86.4 Å². The number of rotatable bonds is 4. The molecule has 1 unspecified atom stereocenters. The SMILES string of the molecule is N=C(CC(N)=NC1CCNC1=O)C(N)=O. The van der Waals surface area contributed by atoms with Crippen LogP contribution in [0.5, 0.6) is 0 Å². The van der Waals surface area contributed by atoms with Gasteiger partial charge >= 0.3 is 0 Å². The normalized spacial score (nSPS) is 21.2. The molecule has 7 heteroatoms. The van der Waals surface area contributed by atoms with Crippen molar-refractivity contribution in [3.63, 3.8) is 0 Å². The number of nitrogens with zero attached hydrogens (tertiary/aromatic N) is 1. The highest BCUT2D eigenvalue weighted by atomic mass is 16.2. The van der Waals surface area contributed by atoms with Crippen molar-refractivity contribution in [3.8, 4) is 0 Å². The zero-order valence-electron chi connectivity index (χ0n) is 8.12. The molecule has 1 saturated heterocycles. The van der Waals surface area contributed by atoms with Gasteiger partial charge in [-0.3, -0.25) is 20.0 Å². The van der Waals surface area contributed by atoms with E-state index < -0.39 is 11.9 Å².